The molecule has 0 saturated heterocycles. The van der Waals surface area contributed by atoms with Gasteiger partial charge in [0.1, 0.15) is 0 Å². The third-order valence-electron chi connectivity index (χ3n) is 2.23. The highest BCUT2D eigenvalue weighted by atomic mass is 14.9. The van der Waals surface area contributed by atoms with Gasteiger partial charge in [0.15, 0.2) is 0 Å². The Balaban J connectivity index is 2.43. The van der Waals surface area contributed by atoms with Crippen molar-refractivity contribution in [1.82, 2.24) is 9.97 Å². The molecule has 62 valence electrons. The summed E-state index contributed by atoms with van der Waals surface area (Å²) >= 11 is 0. The molecule has 1 aromatic rings. The summed E-state index contributed by atoms with van der Waals surface area (Å²) in [5.41, 5.74) is 1.24. The number of H-pyrrole nitrogens is 1. The lowest BCUT2D eigenvalue weighted by atomic mass is 9.94. The fourth-order valence-electron chi connectivity index (χ4n) is 0.979. The molecule has 1 unspecified atom stereocenters. The van der Waals surface area contributed by atoms with Gasteiger partial charge >= 0.3 is 0 Å². The fourth-order valence-corrected chi connectivity index (χ4v) is 0.979. The van der Waals surface area contributed by atoms with Gasteiger partial charge in [-0.3, -0.25) is 0 Å². The molecule has 0 aliphatic rings. The first-order chi connectivity index (χ1) is 5.20. The van der Waals surface area contributed by atoms with Gasteiger partial charge in [0.2, 0.25) is 0 Å². The Morgan fingerprint density at radius 2 is 2.18 bits per heavy atom. The highest BCUT2D eigenvalue weighted by molar-refractivity contribution is 4.95. The normalized spacial score (nSPS) is 13.8. The Morgan fingerprint density at radius 1 is 1.45 bits per heavy atom. The zero-order chi connectivity index (χ0) is 8.27. The third-order valence-corrected chi connectivity index (χ3v) is 2.23. The van der Waals surface area contributed by atoms with Crippen LogP contribution in [0.2, 0.25) is 0 Å². The molecule has 1 rings (SSSR count). The predicted octanol–water partition coefficient (Wildman–Crippen LogP) is 2.24. The molecule has 0 bridgehead atoms. The molecule has 0 fully saturated rings. The monoisotopic (exact) mass is 152 g/mol. The lowest BCUT2D eigenvalue weighted by Crippen LogP contribution is -2.07. The SMILES string of the molecule is CC(C)C(C)Cc1cnc[nH]1. The summed E-state index contributed by atoms with van der Waals surface area (Å²) in [6, 6.07) is 0. The van der Waals surface area contributed by atoms with Gasteiger partial charge in [0, 0.05) is 11.9 Å². The molecule has 0 amide bonds. The summed E-state index contributed by atoms with van der Waals surface area (Å²) in [7, 11) is 0. The van der Waals surface area contributed by atoms with Gasteiger partial charge < -0.3 is 4.98 Å². The van der Waals surface area contributed by atoms with Crippen molar-refractivity contribution in [3.63, 3.8) is 0 Å². The van der Waals surface area contributed by atoms with Crippen LogP contribution < -0.4 is 0 Å². The first kappa shape index (κ1) is 8.31. The van der Waals surface area contributed by atoms with Gasteiger partial charge in [-0.15, -0.1) is 0 Å². The summed E-state index contributed by atoms with van der Waals surface area (Å²) in [6.07, 6.45) is 4.75. The van der Waals surface area contributed by atoms with E-state index in [1.165, 1.54) is 5.69 Å². The van der Waals surface area contributed by atoms with E-state index in [-0.39, 0.29) is 0 Å². The molecule has 0 saturated carbocycles. The topological polar surface area (TPSA) is 28.7 Å². The van der Waals surface area contributed by atoms with Crippen LogP contribution in [0.15, 0.2) is 12.5 Å². The molecule has 0 radical (unpaired) electrons. The van der Waals surface area contributed by atoms with E-state index in [1.807, 2.05) is 6.20 Å². The molecule has 0 spiro atoms. The summed E-state index contributed by atoms with van der Waals surface area (Å²) in [4.78, 5) is 7.09. The predicted molar refractivity (Wildman–Crippen MR) is 46.3 cm³/mol. The minimum Gasteiger partial charge on any atom is -0.348 e. The average molecular weight is 152 g/mol. The molecule has 2 heteroatoms. The van der Waals surface area contributed by atoms with Gasteiger partial charge in [0.25, 0.3) is 0 Å². The van der Waals surface area contributed by atoms with E-state index in [0.29, 0.717) is 0 Å². The van der Waals surface area contributed by atoms with E-state index < -0.39 is 0 Å². The van der Waals surface area contributed by atoms with Crippen LogP contribution in [0.1, 0.15) is 26.5 Å². The van der Waals surface area contributed by atoms with E-state index in [9.17, 15) is 0 Å². The molecule has 0 aromatic carbocycles. The molecule has 1 N–H and O–H groups in total. The summed E-state index contributed by atoms with van der Waals surface area (Å²) < 4.78 is 0. The fraction of sp³-hybridized carbons (Fsp3) is 0.667. The molecule has 1 aromatic heterocycles. The van der Waals surface area contributed by atoms with Crippen LogP contribution in [0, 0.1) is 11.8 Å². The summed E-state index contributed by atoms with van der Waals surface area (Å²) in [5.74, 6) is 1.48. The van der Waals surface area contributed by atoms with Crippen LogP contribution in [0.4, 0.5) is 0 Å². The van der Waals surface area contributed by atoms with Crippen molar-refractivity contribution in [1.29, 1.82) is 0 Å². The summed E-state index contributed by atoms with van der Waals surface area (Å²) in [6.45, 7) is 6.77. The van der Waals surface area contributed by atoms with Crippen LogP contribution in [0.3, 0.4) is 0 Å². The number of nitrogens with one attached hydrogen (secondary N) is 1. The minimum absolute atomic E-state index is 0.732. The van der Waals surface area contributed by atoms with Crippen molar-refractivity contribution in [2.45, 2.75) is 27.2 Å². The number of hydrogen-bond donors (Lipinski definition) is 1. The third kappa shape index (κ3) is 2.37. The second-order valence-electron chi connectivity index (χ2n) is 3.50. The second kappa shape index (κ2) is 3.56. The van der Waals surface area contributed by atoms with Crippen molar-refractivity contribution >= 4 is 0 Å². The Bertz CT molecular complexity index is 189. The van der Waals surface area contributed by atoms with E-state index in [0.717, 1.165) is 18.3 Å². The van der Waals surface area contributed by atoms with Crippen molar-refractivity contribution in [3.05, 3.63) is 18.2 Å². The number of rotatable bonds is 3. The number of hydrogen-bond acceptors (Lipinski definition) is 1. The standard InChI is InChI=1S/C9H16N2/c1-7(2)8(3)4-9-5-10-6-11-9/h5-8H,4H2,1-3H3,(H,10,11). The summed E-state index contributed by atoms with van der Waals surface area (Å²) in [5, 5.41) is 0. The lowest BCUT2D eigenvalue weighted by Gasteiger charge is -2.13. The smallest absolute Gasteiger partial charge is 0.0921 e. The molecule has 1 atom stereocenters. The van der Waals surface area contributed by atoms with E-state index >= 15 is 0 Å². The molecule has 0 aliphatic heterocycles. The van der Waals surface area contributed by atoms with Gasteiger partial charge in [-0.1, -0.05) is 20.8 Å². The number of aromatic nitrogens is 2. The van der Waals surface area contributed by atoms with Gasteiger partial charge in [0.05, 0.1) is 6.33 Å². The molecule has 0 aliphatic carbocycles. The quantitative estimate of drug-likeness (QED) is 0.707. The van der Waals surface area contributed by atoms with Crippen LogP contribution in [0.5, 0.6) is 0 Å². The van der Waals surface area contributed by atoms with Crippen LogP contribution in [-0.4, -0.2) is 9.97 Å². The van der Waals surface area contributed by atoms with E-state index in [2.05, 4.69) is 30.7 Å². The Kier molecular flexibility index (Phi) is 2.69. The van der Waals surface area contributed by atoms with E-state index in [4.69, 9.17) is 0 Å². The highest BCUT2D eigenvalue weighted by Gasteiger charge is 2.07. The van der Waals surface area contributed by atoms with Crippen LogP contribution in [-0.2, 0) is 6.42 Å². The Morgan fingerprint density at radius 3 is 2.64 bits per heavy atom. The maximum absolute atomic E-state index is 3.98. The number of imidazole rings is 1. The van der Waals surface area contributed by atoms with E-state index in [1.54, 1.807) is 6.33 Å². The first-order valence-corrected chi connectivity index (χ1v) is 4.17. The van der Waals surface area contributed by atoms with Crippen molar-refractivity contribution in [2.75, 3.05) is 0 Å². The Labute approximate surface area is 68.0 Å². The molecule has 2 nitrogen and oxygen atoms in total. The largest absolute Gasteiger partial charge is 0.348 e. The average Bonchev–Trinajstić information content (AvgIpc) is 2.39. The first-order valence-electron chi connectivity index (χ1n) is 4.17. The lowest BCUT2D eigenvalue weighted by molar-refractivity contribution is 0.414. The van der Waals surface area contributed by atoms with Gasteiger partial charge in [-0.05, 0) is 18.3 Å². The number of aromatic amines is 1. The molecular formula is C9H16N2. The molecular weight excluding hydrogens is 136 g/mol. The number of nitrogens with zero attached hydrogens (tertiary/aromatic N) is 1. The second-order valence-corrected chi connectivity index (χ2v) is 3.50. The molecule has 1 heterocycles. The van der Waals surface area contributed by atoms with Gasteiger partial charge in [-0.25, -0.2) is 4.98 Å². The van der Waals surface area contributed by atoms with Crippen LogP contribution >= 0.6 is 0 Å². The van der Waals surface area contributed by atoms with Gasteiger partial charge in [-0.2, -0.15) is 0 Å². The maximum atomic E-state index is 3.98. The van der Waals surface area contributed by atoms with Crippen molar-refractivity contribution < 1.29 is 0 Å². The molecule has 11 heavy (non-hydrogen) atoms. The minimum atomic E-state index is 0.732. The zero-order valence-electron chi connectivity index (χ0n) is 7.46. The highest BCUT2D eigenvalue weighted by Crippen LogP contribution is 2.14. The zero-order valence-corrected chi connectivity index (χ0v) is 7.46. The maximum Gasteiger partial charge on any atom is 0.0921 e. The van der Waals surface area contributed by atoms with Crippen molar-refractivity contribution in [3.8, 4) is 0 Å². The Hall–Kier alpha value is -0.790. The van der Waals surface area contributed by atoms with Crippen LogP contribution in [0.25, 0.3) is 0 Å². The van der Waals surface area contributed by atoms with Crippen molar-refractivity contribution in [2.24, 2.45) is 11.8 Å².